The van der Waals surface area contributed by atoms with Gasteiger partial charge in [0.25, 0.3) is 11.7 Å². The van der Waals surface area contributed by atoms with Gasteiger partial charge in [-0.2, -0.15) is 0 Å². The van der Waals surface area contributed by atoms with E-state index < -0.39 is 23.5 Å². The Morgan fingerprint density at radius 1 is 0.900 bits per heavy atom. The van der Waals surface area contributed by atoms with E-state index in [1.165, 1.54) is 29.2 Å². The highest BCUT2D eigenvalue weighted by molar-refractivity contribution is 6.51. The molecule has 0 aromatic heterocycles. The van der Waals surface area contributed by atoms with Gasteiger partial charge in [0.1, 0.15) is 28.8 Å². The zero-order chi connectivity index (χ0) is 28.2. The number of benzene rings is 4. The highest BCUT2D eigenvalue weighted by Gasteiger charge is 2.47. The van der Waals surface area contributed by atoms with Gasteiger partial charge in [-0.1, -0.05) is 37.3 Å². The van der Waals surface area contributed by atoms with E-state index in [0.29, 0.717) is 40.7 Å². The van der Waals surface area contributed by atoms with Crippen molar-refractivity contribution < 1.29 is 28.6 Å². The predicted molar refractivity (Wildman–Crippen MR) is 151 cm³/mol. The highest BCUT2D eigenvalue weighted by Crippen LogP contribution is 2.43. The van der Waals surface area contributed by atoms with Crippen molar-refractivity contribution in [3.8, 4) is 17.2 Å². The molecule has 1 saturated heterocycles. The van der Waals surface area contributed by atoms with E-state index in [9.17, 15) is 19.1 Å². The van der Waals surface area contributed by atoms with Gasteiger partial charge in [0.15, 0.2) is 0 Å². The fourth-order valence-corrected chi connectivity index (χ4v) is 4.71. The van der Waals surface area contributed by atoms with E-state index in [0.717, 1.165) is 12.0 Å². The lowest BCUT2D eigenvalue weighted by atomic mass is 9.94. The summed E-state index contributed by atoms with van der Waals surface area (Å²) >= 11 is 0. The summed E-state index contributed by atoms with van der Waals surface area (Å²) in [5.74, 6) is -0.678. The average Bonchev–Trinajstić information content (AvgIpc) is 3.23. The van der Waals surface area contributed by atoms with E-state index in [-0.39, 0.29) is 11.3 Å². The van der Waals surface area contributed by atoms with Gasteiger partial charge in [-0.25, -0.2) is 4.39 Å². The zero-order valence-corrected chi connectivity index (χ0v) is 22.1. The van der Waals surface area contributed by atoms with Gasteiger partial charge >= 0.3 is 0 Å². The number of hydrogen-bond acceptors (Lipinski definition) is 5. The summed E-state index contributed by atoms with van der Waals surface area (Å²) in [7, 11) is 0. The van der Waals surface area contributed by atoms with Gasteiger partial charge in [0.05, 0.1) is 18.2 Å². The number of carbonyl (C=O) groups excluding carboxylic acids is 2. The molecule has 1 amide bonds. The Morgan fingerprint density at radius 3 is 2.33 bits per heavy atom. The maximum atomic E-state index is 13.8. The fraction of sp³-hybridized carbons (Fsp3) is 0.152. The fourth-order valence-electron chi connectivity index (χ4n) is 4.71. The van der Waals surface area contributed by atoms with Gasteiger partial charge in [0.2, 0.25) is 0 Å². The van der Waals surface area contributed by atoms with Crippen molar-refractivity contribution in [2.75, 3.05) is 11.5 Å². The molecule has 4 aromatic carbocycles. The lowest BCUT2D eigenvalue weighted by Gasteiger charge is -2.26. The lowest BCUT2D eigenvalue weighted by Crippen LogP contribution is -2.29. The Kier molecular flexibility index (Phi) is 7.64. The van der Waals surface area contributed by atoms with Crippen LogP contribution in [0.4, 0.5) is 10.1 Å². The molecule has 0 aliphatic carbocycles. The Hall–Kier alpha value is -4.91. The van der Waals surface area contributed by atoms with Crippen LogP contribution in [0.25, 0.3) is 5.76 Å². The number of rotatable bonds is 8. The second-order valence-electron chi connectivity index (χ2n) is 9.46. The molecule has 1 aliphatic heterocycles. The molecular formula is C33H28FNO5. The summed E-state index contributed by atoms with van der Waals surface area (Å²) in [5.41, 5.74) is 1.94. The summed E-state index contributed by atoms with van der Waals surface area (Å²) in [5, 5.41) is 11.5. The number of ketones is 1. The van der Waals surface area contributed by atoms with E-state index in [1.54, 1.807) is 42.5 Å². The molecule has 0 bridgehead atoms. The number of amides is 1. The predicted octanol–water partition coefficient (Wildman–Crippen LogP) is 7.34. The van der Waals surface area contributed by atoms with Crippen LogP contribution in [0.3, 0.4) is 0 Å². The van der Waals surface area contributed by atoms with Crippen molar-refractivity contribution in [1.82, 2.24) is 0 Å². The molecule has 0 saturated carbocycles. The number of para-hydroxylation sites is 1. The number of nitrogens with zero attached hydrogens (tertiary/aromatic N) is 1. The summed E-state index contributed by atoms with van der Waals surface area (Å²) in [6, 6.07) is 25.6. The number of hydrogen-bond donors (Lipinski definition) is 1. The number of aliphatic hydroxyl groups excluding tert-OH is 1. The molecule has 0 radical (unpaired) electrons. The molecule has 6 nitrogen and oxygen atoms in total. The first-order valence-corrected chi connectivity index (χ1v) is 13.0. The first-order valence-electron chi connectivity index (χ1n) is 13.0. The van der Waals surface area contributed by atoms with E-state index >= 15 is 0 Å². The second-order valence-corrected chi connectivity index (χ2v) is 9.46. The van der Waals surface area contributed by atoms with Gasteiger partial charge in [-0.3, -0.25) is 14.5 Å². The monoisotopic (exact) mass is 537 g/mol. The van der Waals surface area contributed by atoms with Gasteiger partial charge in [-0.15, -0.1) is 0 Å². The third-order valence-corrected chi connectivity index (χ3v) is 6.61. The molecule has 5 rings (SSSR count). The van der Waals surface area contributed by atoms with Crippen LogP contribution in [0.5, 0.6) is 17.2 Å². The van der Waals surface area contributed by atoms with Gasteiger partial charge in [0, 0.05) is 11.3 Å². The SMILES string of the molecule is CCCOc1ccc(/C(O)=C2\C(=O)C(=O)N(c3ccc(F)cc3)C2c2cccc(Oc3ccccc3)c2)cc1C. The topological polar surface area (TPSA) is 76.1 Å². The Bertz CT molecular complexity index is 1580. The van der Waals surface area contributed by atoms with Crippen LogP contribution in [0.1, 0.15) is 36.1 Å². The van der Waals surface area contributed by atoms with Crippen molar-refractivity contribution in [1.29, 1.82) is 0 Å². The molecule has 1 heterocycles. The number of aryl methyl sites for hydroxylation is 1. The molecule has 4 aromatic rings. The molecule has 1 fully saturated rings. The zero-order valence-electron chi connectivity index (χ0n) is 22.1. The molecule has 7 heteroatoms. The van der Waals surface area contributed by atoms with Crippen molar-refractivity contribution in [2.24, 2.45) is 0 Å². The third kappa shape index (κ3) is 5.31. The van der Waals surface area contributed by atoms with Crippen LogP contribution in [0, 0.1) is 12.7 Å². The number of ether oxygens (including phenoxy) is 2. The minimum Gasteiger partial charge on any atom is -0.507 e. The Morgan fingerprint density at radius 2 is 1.62 bits per heavy atom. The summed E-state index contributed by atoms with van der Waals surface area (Å²) in [6.07, 6.45) is 0.848. The largest absolute Gasteiger partial charge is 0.507 e. The van der Waals surface area contributed by atoms with Gasteiger partial charge in [-0.05, 0) is 91.2 Å². The average molecular weight is 538 g/mol. The number of Topliss-reactive ketones (excluding diaryl/α,β-unsaturated/α-hetero) is 1. The van der Waals surface area contributed by atoms with Crippen LogP contribution in [0.2, 0.25) is 0 Å². The van der Waals surface area contributed by atoms with Crippen LogP contribution in [0.15, 0.2) is 103 Å². The Balaban J connectivity index is 1.63. The van der Waals surface area contributed by atoms with E-state index in [4.69, 9.17) is 9.47 Å². The second kappa shape index (κ2) is 11.5. The normalized spacial score (nSPS) is 16.3. The molecular weight excluding hydrogens is 509 g/mol. The number of carbonyl (C=O) groups is 2. The highest BCUT2D eigenvalue weighted by atomic mass is 19.1. The maximum absolute atomic E-state index is 13.8. The standard InChI is InChI=1S/C33H28FNO5/c1-3-18-39-28-17-12-23(19-21(28)2)31(36)29-30(35(33(38)32(29)37)25-15-13-24(34)14-16-25)22-8-7-11-27(20-22)40-26-9-5-4-6-10-26/h4-17,19-20,30,36H,3,18H2,1-2H3/b31-29+. The van der Waals surface area contributed by atoms with E-state index in [1.807, 2.05) is 44.2 Å². The van der Waals surface area contributed by atoms with Crippen molar-refractivity contribution in [3.63, 3.8) is 0 Å². The molecule has 202 valence electrons. The van der Waals surface area contributed by atoms with Crippen molar-refractivity contribution in [3.05, 3.63) is 125 Å². The molecule has 1 aliphatic rings. The van der Waals surface area contributed by atoms with Gasteiger partial charge < -0.3 is 14.6 Å². The lowest BCUT2D eigenvalue weighted by molar-refractivity contribution is -0.132. The summed E-state index contributed by atoms with van der Waals surface area (Å²) in [6.45, 7) is 4.41. The molecule has 40 heavy (non-hydrogen) atoms. The number of halogens is 1. The number of anilines is 1. The van der Waals surface area contributed by atoms with Crippen LogP contribution in [-0.4, -0.2) is 23.4 Å². The molecule has 0 spiro atoms. The quantitative estimate of drug-likeness (QED) is 0.145. The molecule has 1 N–H and O–H groups in total. The minimum absolute atomic E-state index is 0.0761. The summed E-state index contributed by atoms with van der Waals surface area (Å²) in [4.78, 5) is 28.2. The smallest absolute Gasteiger partial charge is 0.300 e. The minimum atomic E-state index is -0.985. The number of aliphatic hydroxyl groups is 1. The first kappa shape index (κ1) is 26.7. The van der Waals surface area contributed by atoms with E-state index in [2.05, 4.69) is 0 Å². The molecule has 1 unspecified atom stereocenters. The molecule has 1 atom stereocenters. The van der Waals surface area contributed by atoms with Crippen molar-refractivity contribution >= 4 is 23.1 Å². The van der Waals surface area contributed by atoms with Crippen LogP contribution in [-0.2, 0) is 9.59 Å². The van der Waals surface area contributed by atoms with Crippen LogP contribution >= 0.6 is 0 Å². The third-order valence-electron chi connectivity index (χ3n) is 6.61. The summed E-state index contributed by atoms with van der Waals surface area (Å²) < 4.78 is 25.5. The van der Waals surface area contributed by atoms with Crippen molar-refractivity contribution in [2.45, 2.75) is 26.3 Å². The maximum Gasteiger partial charge on any atom is 0.300 e. The Labute approximate surface area is 231 Å². The first-order chi connectivity index (χ1) is 19.4. The van der Waals surface area contributed by atoms with Crippen LogP contribution < -0.4 is 14.4 Å².